The number of benzene rings is 1. The molecule has 110 valence electrons. The number of ketones is 1. The summed E-state index contributed by atoms with van der Waals surface area (Å²) < 4.78 is 0. The minimum atomic E-state index is -0.568. The van der Waals surface area contributed by atoms with Crippen molar-refractivity contribution in [1.29, 1.82) is 0 Å². The third kappa shape index (κ3) is 3.50. The predicted octanol–water partition coefficient (Wildman–Crippen LogP) is 3.80. The van der Waals surface area contributed by atoms with Crippen LogP contribution in [0, 0.1) is 0 Å². The summed E-state index contributed by atoms with van der Waals surface area (Å²) in [6.45, 7) is 9.39. The second-order valence-corrected chi connectivity index (χ2v) is 5.73. The quantitative estimate of drug-likeness (QED) is 0.498. The molecule has 3 nitrogen and oxygen atoms in total. The summed E-state index contributed by atoms with van der Waals surface area (Å²) in [7, 11) is 0. The first-order chi connectivity index (χ1) is 9.88. The number of fused-ring (bicyclic) bond motifs is 1. The molecule has 1 aromatic carbocycles. The fourth-order valence-electron chi connectivity index (χ4n) is 2.23. The number of rotatable bonds is 5. The van der Waals surface area contributed by atoms with Gasteiger partial charge < -0.3 is 10.1 Å². The molecule has 0 saturated carbocycles. The smallest absolute Gasteiger partial charge is 0.185 e. The van der Waals surface area contributed by atoms with Crippen molar-refractivity contribution >= 4 is 16.7 Å². The van der Waals surface area contributed by atoms with Crippen LogP contribution in [0.3, 0.4) is 0 Å². The highest BCUT2D eigenvalue weighted by atomic mass is 16.3. The molecule has 0 amide bonds. The van der Waals surface area contributed by atoms with Gasteiger partial charge in [-0.2, -0.15) is 0 Å². The topological polar surface area (TPSA) is 53.1 Å². The molecule has 1 unspecified atom stereocenters. The van der Waals surface area contributed by atoms with Crippen molar-refractivity contribution in [1.82, 2.24) is 4.98 Å². The van der Waals surface area contributed by atoms with Crippen molar-refractivity contribution in [2.75, 3.05) is 0 Å². The van der Waals surface area contributed by atoms with Crippen LogP contribution in [0.1, 0.15) is 36.7 Å². The zero-order chi connectivity index (χ0) is 15.6. The molecule has 0 spiro atoms. The van der Waals surface area contributed by atoms with E-state index in [1.807, 2.05) is 45.2 Å². The van der Waals surface area contributed by atoms with Gasteiger partial charge in [0.25, 0.3) is 0 Å². The lowest BCUT2D eigenvalue weighted by molar-refractivity contribution is 0.104. The second kappa shape index (κ2) is 6.10. The van der Waals surface area contributed by atoms with Crippen LogP contribution < -0.4 is 0 Å². The Kier molecular flexibility index (Phi) is 4.43. The maximum absolute atomic E-state index is 12.1. The Morgan fingerprint density at radius 3 is 2.71 bits per heavy atom. The summed E-state index contributed by atoms with van der Waals surface area (Å²) in [4.78, 5) is 15.3. The Hall–Kier alpha value is -2.13. The number of aliphatic hydroxyl groups is 1. The molecule has 1 heterocycles. The lowest BCUT2D eigenvalue weighted by Crippen LogP contribution is -2.10. The number of allylic oxidation sites excluding steroid dienone is 2. The number of aromatic amines is 1. The van der Waals surface area contributed by atoms with E-state index in [1.54, 1.807) is 6.08 Å². The fourth-order valence-corrected chi connectivity index (χ4v) is 2.23. The average molecular weight is 283 g/mol. The lowest BCUT2D eigenvalue weighted by atomic mass is 10.0. The maximum Gasteiger partial charge on any atom is 0.185 e. The van der Waals surface area contributed by atoms with Crippen LogP contribution in [-0.2, 0) is 6.42 Å². The molecular weight excluding hydrogens is 262 g/mol. The van der Waals surface area contributed by atoms with Crippen LogP contribution in [0.15, 0.2) is 48.2 Å². The molecule has 0 fully saturated rings. The number of carbonyl (C=O) groups is 1. The summed E-state index contributed by atoms with van der Waals surface area (Å²) >= 11 is 0. The molecule has 21 heavy (non-hydrogen) atoms. The molecule has 0 aliphatic rings. The van der Waals surface area contributed by atoms with Crippen LogP contribution in [0.5, 0.6) is 0 Å². The number of aromatic nitrogens is 1. The van der Waals surface area contributed by atoms with E-state index >= 15 is 0 Å². The van der Waals surface area contributed by atoms with E-state index in [1.165, 1.54) is 0 Å². The zero-order valence-electron chi connectivity index (χ0n) is 12.7. The highest BCUT2D eigenvalue weighted by Gasteiger charge is 2.12. The van der Waals surface area contributed by atoms with Gasteiger partial charge in [-0.15, -0.1) is 0 Å². The van der Waals surface area contributed by atoms with Gasteiger partial charge in [0.15, 0.2) is 5.78 Å². The Bertz CT molecular complexity index is 718. The molecule has 3 heteroatoms. The van der Waals surface area contributed by atoms with Crippen LogP contribution in [0.4, 0.5) is 0 Å². The van der Waals surface area contributed by atoms with Gasteiger partial charge in [0.1, 0.15) is 0 Å². The van der Waals surface area contributed by atoms with Gasteiger partial charge >= 0.3 is 0 Å². The number of H-pyrrole nitrogens is 1. The summed E-state index contributed by atoms with van der Waals surface area (Å²) in [5.74, 6) is 0.00417. The maximum atomic E-state index is 12.1. The summed E-state index contributed by atoms with van der Waals surface area (Å²) in [6.07, 6.45) is 3.44. The van der Waals surface area contributed by atoms with Crippen molar-refractivity contribution < 1.29 is 9.90 Å². The minimum Gasteiger partial charge on any atom is -0.388 e. The molecule has 0 bridgehead atoms. The van der Waals surface area contributed by atoms with Gasteiger partial charge in [0.05, 0.1) is 6.10 Å². The van der Waals surface area contributed by atoms with Crippen molar-refractivity contribution in [2.24, 2.45) is 0 Å². The Morgan fingerprint density at radius 2 is 2.10 bits per heavy atom. The van der Waals surface area contributed by atoms with Crippen molar-refractivity contribution in [2.45, 2.75) is 33.3 Å². The molecule has 1 aromatic heterocycles. The van der Waals surface area contributed by atoms with Crippen LogP contribution >= 0.6 is 0 Å². The van der Waals surface area contributed by atoms with Gasteiger partial charge in [-0.3, -0.25) is 4.79 Å². The second-order valence-electron chi connectivity index (χ2n) is 5.73. The Labute approximate surface area is 125 Å². The molecule has 2 N–H and O–H groups in total. The number of hydrogen-bond acceptors (Lipinski definition) is 2. The number of hydrogen-bond donors (Lipinski definition) is 2. The minimum absolute atomic E-state index is 0.00417. The van der Waals surface area contributed by atoms with E-state index in [0.717, 1.165) is 27.6 Å². The molecule has 0 aliphatic carbocycles. The SMILES string of the molecule is C=C(C)C(O)Cc1c[nH]c2ccc(C(=O)C=C(C)C)cc12. The fraction of sp³-hybridized carbons (Fsp3) is 0.278. The lowest BCUT2D eigenvalue weighted by Gasteiger charge is -2.09. The highest BCUT2D eigenvalue weighted by molar-refractivity contribution is 6.07. The number of aliphatic hydroxyl groups excluding tert-OH is 1. The molecule has 0 aliphatic heterocycles. The zero-order valence-corrected chi connectivity index (χ0v) is 12.7. The van der Waals surface area contributed by atoms with E-state index in [0.29, 0.717) is 12.0 Å². The van der Waals surface area contributed by atoms with Crippen LogP contribution in [-0.4, -0.2) is 22.0 Å². The van der Waals surface area contributed by atoms with Gasteiger partial charge in [0, 0.05) is 29.1 Å². The molecule has 2 rings (SSSR count). The standard InChI is InChI=1S/C18H21NO2/c1-11(2)7-18(21)13-5-6-16-15(8-13)14(10-19-16)9-17(20)12(3)4/h5-8,10,17,19-20H,3,9H2,1-2,4H3. The van der Waals surface area contributed by atoms with E-state index in [4.69, 9.17) is 0 Å². The van der Waals surface area contributed by atoms with Crippen molar-refractivity contribution in [3.05, 3.63) is 59.3 Å². The highest BCUT2D eigenvalue weighted by Crippen LogP contribution is 2.22. The third-order valence-corrected chi connectivity index (χ3v) is 3.45. The first kappa shape index (κ1) is 15.3. The average Bonchev–Trinajstić information content (AvgIpc) is 2.80. The van der Waals surface area contributed by atoms with Crippen LogP contribution in [0.2, 0.25) is 0 Å². The van der Waals surface area contributed by atoms with E-state index in [-0.39, 0.29) is 5.78 Å². The third-order valence-electron chi connectivity index (χ3n) is 3.45. The van der Waals surface area contributed by atoms with Crippen molar-refractivity contribution in [3.8, 4) is 0 Å². The van der Waals surface area contributed by atoms with E-state index < -0.39 is 6.10 Å². The Morgan fingerprint density at radius 1 is 1.38 bits per heavy atom. The first-order valence-corrected chi connectivity index (χ1v) is 7.01. The first-order valence-electron chi connectivity index (χ1n) is 7.01. The van der Waals surface area contributed by atoms with Crippen molar-refractivity contribution in [3.63, 3.8) is 0 Å². The molecule has 2 aromatic rings. The number of nitrogens with one attached hydrogen (secondary N) is 1. The molecule has 1 atom stereocenters. The van der Waals surface area contributed by atoms with Crippen LogP contribution in [0.25, 0.3) is 10.9 Å². The normalized spacial score (nSPS) is 12.2. The van der Waals surface area contributed by atoms with E-state index in [9.17, 15) is 9.90 Å². The summed E-state index contributed by atoms with van der Waals surface area (Å²) in [5, 5.41) is 10.9. The molecular formula is C18H21NO2. The summed E-state index contributed by atoms with van der Waals surface area (Å²) in [5.41, 5.74) is 4.34. The number of carbonyl (C=O) groups excluding carboxylic acids is 1. The molecule has 0 radical (unpaired) electrons. The largest absolute Gasteiger partial charge is 0.388 e. The Balaban J connectivity index is 2.39. The predicted molar refractivity (Wildman–Crippen MR) is 86.6 cm³/mol. The van der Waals surface area contributed by atoms with Gasteiger partial charge in [0.2, 0.25) is 0 Å². The van der Waals surface area contributed by atoms with Gasteiger partial charge in [-0.1, -0.05) is 17.7 Å². The van der Waals surface area contributed by atoms with Gasteiger partial charge in [-0.25, -0.2) is 0 Å². The summed E-state index contributed by atoms with van der Waals surface area (Å²) in [6, 6.07) is 5.60. The monoisotopic (exact) mass is 283 g/mol. The van der Waals surface area contributed by atoms with Gasteiger partial charge in [-0.05, 0) is 50.6 Å². The molecule has 0 saturated heterocycles. The van der Waals surface area contributed by atoms with E-state index in [2.05, 4.69) is 11.6 Å².